The zero-order chi connectivity index (χ0) is 16.8. The van der Waals surface area contributed by atoms with Crippen molar-refractivity contribution in [3.63, 3.8) is 0 Å². The monoisotopic (exact) mass is 378 g/mol. The van der Waals surface area contributed by atoms with Crippen LogP contribution in [0.5, 0.6) is 11.5 Å². The molecule has 0 fully saturated rings. The number of carbonyl (C=O) groups is 1. The first-order chi connectivity index (χ1) is 11.0. The Balaban J connectivity index is 2.05. The summed E-state index contributed by atoms with van der Waals surface area (Å²) in [5.41, 5.74) is 1.63. The lowest BCUT2D eigenvalue weighted by Crippen LogP contribution is -2.31. The average Bonchev–Trinajstić information content (AvgIpc) is 2.56. The van der Waals surface area contributed by atoms with Gasteiger partial charge in [-0.25, -0.2) is 4.79 Å². The Hall–Kier alpha value is -2.21. The van der Waals surface area contributed by atoms with E-state index < -0.39 is 0 Å². The molecule has 1 atom stereocenters. The Morgan fingerprint density at radius 1 is 1.09 bits per heavy atom. The van der Waals surface area contributed by atoms with Crippen molar-refractivity contribution in [3.8, 4) is 11.5 Å². The van der Waals surface area contributed by atoms with Gasteiger partial charge in [0, 0.05) is 4.47 Å². The second kappa shape index (κ2) is 7.87. The van der Waals surface area contributed by atoms with Crippen molar-refractivity contribution in [2.75, 3.05) is 19.5 Å². The SMILES string of the molecule is COc1ccc(C(C)NC(=O)Nc2ccccc2Br)cc1OC. The van der Waals surface area contributed by atoms with Crippen molar-refractivity contribution in [2.45, 2.75) is 13.0 Å². The first-order valence-electron chi connectivity index (χ1n) is 7.09. The van der Waals surface area contributed by atoms with Gasteiger partial charge in [-0.3, -0.25) is 0 Å². The highest BCUT2D eigenvalue weighted by atomic mass is 79.9. The summed E-state index contributed by atoms with van der Waals surface area (Å²) in [4.78, 5) is 12.1. The van der Waals surface area contributed by atoms with Gasteiger partial charge < -0.3 is 20.1 Å². The summed E-state index contributed by atoms with van der Waals surface area (Å²) in [5.74, 6) is 1.28. The summed E-state index contributed by atoms with van der Waals surface area (Å²) in [6.45, 7) is 1.90. The summed E-state index contributed by atoms with van der Waals surface area (Å²) < 4.78 is 11.3. The molecule has 0 saturated carbocycles. The Labute approximate surface area is 144 Å². The molecule has 122 valence electrons. The largest absolute Gasteiger partial charge is 0.493 e. The molecule has 0 saturated heterocycles. The minimum Gasteiger partial charge on any atom is -0.493 e. The normalized spacial score (nSPS) is 11.5. The van der Waals surface area contributed by atoms with Crippen LogP contribution in [-0.2, 0) is 0 Å². The molecule has 0 radical (unpaired) electrons. The number of nitrogens with one attached hydrogen (secondary N) is 2. The first-order valence-corrected chi connectivity index (χ1v) is 7.88. The number of methoxy groups -OCH3 is 2. The van der Waals surface area contributed by atoms with Crippen LogP contribution in [0.2, 0.25) is 0 Å². The summed E-state index contributed by atoms with van der Waals surface area (Å²) in [5, 5.41) is 5.70. The van der Waals surface area contributed by atoms with Crippen LogP contribution in [0.15, 0.2) is 46.9 Å². The van der Waals surface area contributed by atoms with E-state index in [1.165, 1.54) is 0 Å². The number of halogens is 1. The maximum Gasteiger partial charge on any atom is 0.319 e. The lowest BCUT2D eigenvalue weighted by Gasteiger charge is -2.17. The molecule has 0 aromatic heterocycles. The molecule has 0 aliphatic carbocycles. The van der Waals surface area contributed by atoms with E-state index in [1.807, 2.05) is 49.4 Å². The van der Waals surface area contributed by atoms with Crippen LogP contribution < -0.4 is 20.1 Å². The van der Waals surface area contributed by atoms with E-state index >= 15 is 0 Å². The molecule has 5 nitrogen and oxygen atoms in total. The van der Waals surface area contributed by atoms with Crippen molar-refractivity contribution in [2.24, 2.45) is 0 Å². The van der Waals surface area contributed by atoms with Crippen LogP contribution in [0.1, 0.15) is 18.5 Å². The minimum absolute atomic E-state index is 0.183. The molecule has 2 N–H and O–H groups in total. The van der Waals surface area contributed by atoms with Gasteiger partial charge in [0.15, 0.2) is 11.5 Å². The second-order valence-electron chi connectivity index (χ2n) is 4.91. The Kier molecular flexibility index (Phi) is 5.87. The quantitative estimate of drug-likeness (QED) is 0.812. The fourth-order valence-electron chi connectivity index (χ4n) is 2.12. The molecule has 0 spiro atoms. The number of hydrogen-bond acceptors (Lipinski definition) is 3. The second-order valence-corrected chi connectivity index (χ2v) is 5.77. The third-order valence-electron chi connectivity index (χ3n) is 3.38. The average molecular weight is 379 g/mol. The number of benzene rings is 2. The van der Waals surface area contributed by atoms with E-state index in [4.69, 9.17) is 9.47 Å². The number of amides is 2. The van der Waals surface area contributed by atoms with Crippen LogP contribution in [0, 0.1) is 0 Å². The minimum atomic E-state index is -0.279. The van der Waals surface area contributed by atoms with E-state index in [0.29, 0.717) is 17.2 Å². The van der Waals surface area contributed by atoms with Gasteiger partial charge in [-0.2, -0.15) is 0 Å². The van der Waals surface area contributed by atoms with Gasteiger partial charge in [0.1, 0.15) is 0 Å². The molecule has 1 unspecified atom stereocenters. The topological polar surface area (TPSA) is 59.6 Å². The van der Waals surface area contributed by atoms with Gasteiger partial charge in [-0.05, 0) is 52.7 Å². The molecular weight excluding hydrogens is 360 g/mol. The highest BCUT2D eigenvalue weighted by Crippen LogP contribution is 2.30. The highest BCUT2D eigenvalue weighted by Gasteiger charge is 2.13. The Bertz CT molecular complexity index is 691. The predicted octanol–water partition coefficient (Wildman–Crippen LogP) is 4.35. The van der Waals surface area contributed by atoms with Crippen molar-refractivity contribution < 1.29 is 14.3 Å². The molecule has 0 heterocycles. The van der Waals surface area contributed by atoms with Crippen molar-refractivity contribution in [1.29, 1.82) is 0 Å². The van der Waals surface area contributed by atoms with Crippen LogP contribution in [-0.4, -0.2) is 20.3 Å². The van der Waals surface area contributed by atoms with Crippen molar-refractivity contribution in [3.05, 3.63) is 52.5 Å². The van der Waals surface area contributed by atoms with Gasteiger partial charge in [0.05, 0.1) is 25.9 Å². The summed E-state index contributed by atoms with van der Waals surface area (Å²) in [6.07, 6.45) is 0. The zero-order valence-corrected chi connectivity index (χ0v) is 14.8. The Morgan fingerprint density at radius 2 is 1.78 bits per heavy atom. The number of anilines is 1. The summed E-state index contributed by atoms with van der Waals surface area (Å²) >= 11 is 3.40. The van der Waals surface area contributed by atoms with Crippen LogP contribution in [0.25, 0.3) is 0 Å². The fourth-order valence-corrected chi connectivity index (χ4v) is 2.51. The zero-order valence-electron chi connectivity index (χ0n) is 13.2. The molecule has 0 aliphatic heterocycles. The van der Waals surface area contributed by atoms with Gasteiger partial charge in [0.25, 0.3) is 0 Å². The van der Waals surface area contributed by atoms with Gasteiger partial charge in [-0.1, -0.05) is 18.2 Å². The summed E-state index contributed by atoms with van der Waals surface area (Å²) in [7, 11) is 3.17. The van der Waals surface area contributed by atoms with Crippen LogP contribution in [0.3, 0.4) is 0 Å². The van der Waals surface area contributed by atoms with E-state index in [-0.39, 0.29) is 12.1 Å². The molecule has 23 heavy (non-hydrogen) atoms. The number of hydrogen-bond donors (Lipinski definition) is 2. The molecule has 2 amide bonds. The molecule has 0 bridgehead atoms. The number of ether oxygens (including phenoxy) is 2. The lowest BCUT2D eigenvalue weighted by atomic mass is 10.1. The van der Waals surface area contributed by atoms with Crippen LogP contribution >= 0.6 is 15.9 Å². The molecule has 2 aromatic carbocycles. The van der Waals surface area contributed by atoms with Crippen LogP contribution in [0.4, 0.5) is 10.5 Å². The molecule has 2 aromatic rings. The number of para-hydroxylation sites is 1. The third-order valence-corrected chi connectivity index (χ3v) is 4.07. The van der Waals surface area contributed by atoms with E-state index in [9.17, 15) is 4.79 Å². The number of rotatable bonds is 5. The van der Waals surface area contributed by atoms with Crippen molar-refractivity contribution in [1.82, 2.24) is 5.32 Å². The lowest BCUT2D eigenvalue weighted by molar-refractivity contribution is 0.249. The first kappa shape index (κ1) is 17.1. The van der Waals surface area contributed by atoms with Gasteiger partial charge >= 0.3 is 6.03 Å². The van der Waals surface area contributed by atoms with E-state index in [2.05, 4.69) is 26.6 Å². The smallest absolute Gasteiger partial charge is 0.319 e. The summed E-state index contributed by atoms with van der Waals surface area (Å²) in [6, 6.07) is 12.5. The number of urea groups is 1. The maximum absolute atomic E-state index is 12.1. The van der Waals surface area contributed by atoms with Crippen molar-refractivity contribution >= 4 is 27.6 Å². The van der Waals surface area contributed by atoms with E-state index in [1.54, 1.807) is 14.2 Å². The third kappa shape index (κ3) is 4.39. The van der Waals surface area contributed by atoms with Gasteiger partial charge in [-0.15, -0.1) is 0 Å². The standard InChI is InChI=1S/C17H19BrN2O3/c1-11(12-8-9-15(22-2)16(10-12)23-3)19-17(21)20-14-7-5-4-6-13(14)18/h4-11H,1-3H3,(H2,19,20,21). The molecule has 2 rings (SSSR count). The van der Waals surface area contributed by atoms with E-state index in [0.717, 1.165) is 10.0 Å². The molecular formula is C17H19BrN2O3. The van der Waals surface area contributed by atoms with Gasteiger partial charge in [0.2, 0.25) is 0 Å². The Morgan fingerprint density at radius 3 is 2.43 bits per heavy atom. The number of carbonyl (C=O) groups excluding carboxylic acids is 1. The molecule has 6 heteroatoms. The highest BCUT2D eigenvalue weighted by molar-refractivity contribution is 9.10. The fraction of sp³-hybridized carbons (Fsp3) is 0.235. The maximum atomic E-state index is 12.1. The predicted molar refractivity (Wildman–Crippen MR) is 94.3 cm³/mol. The molecule has 0 aliphatic rings.